The van der Waals surface area contributed by atoms with Gasteiger partial charge in [-0.1, -0.05) is 40.2 Å². The highest BCUT2D eigenvalue weighted by Crippen LogP contribution is 2.34. The number of benzene rings is 3. The van der Waals surface area contributed by atoms with Crippen LogP contribution in [0.25, 0.3) is 21.8 Å². The SMILES string of the molecule is COc1ccc2c(c1)c1cc(OC)ccc1n2Cc1ccc(CBr)cc1. The van der Waals surface area contributed by atoms with Crippen LogP contribution >= 0.6 is 15.9 Å². The Bertz CT molecular complexity index is 1010. The van der Waals surface area contributed by atoms with Crippen molar-refractivity contribution in [1.29, 1.82) is 0 Å². The van der Waals surface area contributed by atoms with E-state index in [1.165, 1.54) is 32.9 Å². The molecule has 0 aliphatic carbocycles. The number of fused-ring (bicyclic) bond motifs is 3. The largest absolute Gasteiger partial charge is 0.497 e. The molecule has 0 unspecified atom stereocenters. The lowest BCUT2D eigenvalue weighted by Gasteiger charge is -2.09. The predicted molar refractivity (Wildman–Crippen MR) is 111 cm³/mol. The number of methoxy groups -OCH3 is 2. The summed E-state index contributed by atoms with van der Waals surface area (Å²) in [6.45, 7) is 0.821. The van der Waals surface area contributed by atoms with Gasteiger partial charge in [0.15, 0.2) is 0 Å². The molecule has 0 atom stereocenters. The van der Waals surface area contributed by atoms with Crippen LogP contribution in [0.3, 0.4) is 0 Å². The van der Waals surface area contributed by atoms with Gasteiger partial charge in [0.2, 0.25) is 0 Å². The van der Waals surface area contributed by atoms with E-state index in [1.54, 1.807) is 14.2 Å². The lowest BCUT2D eigenvalue weighted by atomic mass is 10.1. The maximum atomic E-state index is 5.44. The Labute approximate surface area is 161 Å². The van der Waals surface area contributed by atoms with Gasteiger partial charge in [-0.2, -0.15) is 0 Å². The summed E-state index contributed by atoms with van der Waals surface area (Å²) in [7, 11) is 3.40. The van der Waals surface area contributed by atoms with Crippen LogP contribution in [0.2, 0.25) is 0 Å². The van der Waals surface area contributed by atoms with E-state index in [-0.39, 0.29) is 0 Å². The Kier molecular flexibility index (Phi) is 4.60. The molecule has 1 aromatic heterocycles. The Balaban J connectivity index is 1.90. The molecule has 0 radical (unpaired) electrons. The van der Waals surface area contributed by atoms with Crippen LogP contribution in [-0.4, -0.2) is 18.8 Å². The summed E-state index contributed by atoms with van der Waals surface area (Å²) < 4.78 is 13.2. The minimum atomic E-state index is 0.821. The van der Waals surface area contributed by atoms with Crippen LogP contribution in [0.5, 0.6) is 11.5 Å². The summed E-state index contributed by atoms with van der Waals surface area (Å²) in [6.07, 6.45) is 0. The number of hydrogen-bond acceptors (Lipinski definition) is 2. The van der Waals surface area contributed by atoms with Gasteiger partial charge >= 0.3 is 0 Å². The van der Waals surface area contributed by atoms with Crippen molar-refractivity contribution < 1.29 is 9.47 Å². The minimum absolute atomic E-state index is 0.821. The van der Waals surface area contributed by atoms with Crippen molar-refractivity contribution in [3.05, 3.63) is 71.8 Å². The van der Waals surface area contributed by atoms with Gasteiger partial charge in [0.05, 0.1) is 14.2 Å². The highest BCUT2D eigenvalue weighted by molar-refractivity contribution is 9.08. The van der Waals surface area contributed by atoms with E-state index in [0.717, 1.165) is 23.4 Å². The van der Waals surface area contributed by atoms with Gasteiger partial charge in [-0.05, 0) is 47.5 Å². The van der Waals surface area contributed by atoms with Crippen LogP contribution in [0.15, 0.2) is 60.7 Å². The van der Waals surface area contributed by atoms with Gasteiger partial charge < -0.3 is 14.0 Å². The number of aromatic nitrogens is 1. The van der Waals surface area contributed by atoms with E-state index in [1.807, 2.05) is 12.1 Å². The van der Waals surface area contributed by atoms with E-state index in [2.05, 4.69) is 69.0 Å². The number of hydrogen-bond donors (Lipinski definition) is 0. The van der Waals surface area contributed by atoms with Crippen LogP contribution in [0.1, 0.15) is 11.1 Å². The first-order valence-corrected chi connectivity index (χ1v) is 9.63. The van der Waals surface area contributed by atoms with Crippen molar-refractivity contribution in [3.63, 3.8) is 0 Å². The molecule has 4 aromatic rings. The zero-order valence-corrected chi connectivity index (χ0v) is 16.4. The fourth-order valence-electron chi connectivity index (χ4n) is 3.40. The molecule has 1 heterocycles. The summed E-state index contributed by atoms with van der Waals surface area (Å²) in [5, 5.41) is 3.23. The topological polar surface area (TPSA) is 23.4 Å². The Morgan fingerprint density at radius 3 is 1.69 bits per heavy atom. The Morgan fingerprint density at radius 1 is 0.731 bits per heavy atom. The molecule has 0 bridgehead atoms. The molecule has 26 heavy (non-hydrogen) atoms. The lowest BCUT2D eigenvalue weighted by molar-refractivity contribution is 0.415. The number of ether oxygens (including phenoxy) is 2. The standard InChI is InChI=1S/C22H20BrNO2/c1-25-17-7-9-21-19(11-17)20-12-18(26-2)8-10-22(20)24(21)14-16-5-3-15(13-23)4-6-16/h3-12H,13-14H2,1-2H3. The molecule has 0 N–H and O–H groups in total. The van der Waals surface area contributed by atoms with Crippen molar-refractivity contribution in [2.75, 3.05) is 14.2 Å². The zero-order chi connectivity index (χ0) is 18.1. The van der Waals surface area contributed by atoms with Crippen LogP contribution in [0, 0.1) is 0 Å². The summed E-state index contributed by atoms with van der Waals surface area (Å²) in [4.78, 5) is 0. The van der Waals surface area contributed by atoms with Gasteiger partial charge in [-0.15, -0.1) is 0 Å². The summed E-state index contributed by atoms with van der Waals surface area (Å²) >= 11 is 3.51. The maximum Gasteiger partial charge on any atom is 0.119 e. The second-order valence-electron chi connectivity index (χ2n) is 6.30. The third kappa shape index (κ3) is 2.95. The van der Waals surface area contributed by atoms with Crippen LogP contribution in [0.4, 0.5) is 0 Å². The maximum absolute atomic E-state index is 5.44. The first-order valence-electron chi connectivity index (χ1n) is 8.51. The summed E-state index contributed by atoms with van der Waals surface area (Å²) in [6, 6.07) is 21.2. The molecule has 0 saturated carbocycles. The molecule has 3 nitrogen and oxygen atoms in total. The molecule has 132 valence electrons. The number of alkyl halides is 1. The number of rotatable bonds is 5. The number of halogens is 1. The predicted octanol–water partition coefficient (Wildman–Crippen LogP) is 5.75. The molecule has 0 saturated heterocycles. The highest BCUT2D eigenvalue weighted by Gasteiger charge is 2.13. The zero-order valence-electron chi connectivity index (χ0n) is 14.8. The van der Waals surface area contributed by atoms with Crippen molar-refractivity contribution in [2.24, 2.45) is 0 Å². The van der Waals surface area contributed by atoms with Gasteiger partial charge in [0, 0.05) is 33.7 Å². The molecule has 0 spiro atoms. The molecule has 0 amide bonds. The highest BCUT2D eigenvalue weighted by atomic mass is 79.9. The summed E-state index contributed by atoms with van der Waals surface area (Å²) in [5.74, 6) is 1.72. The lowest BCUT2D eigenvalue weighted by Crippen LogP contribution is -1.99. The fourth-order valence-corrected chi connectivity index (χ4v) is 3.78. The van der Waals surface area contributed by atoms with Crippen LogP contribution in [-0.2, 0) is 11.9 Å². The van der Waals surface area contributed by atoms with E-state index in [9.17, 15) is 0 Å². The van der Waals surface area contributed by atoms with Crippen molar-refractivity contribution >= 4 is 37.7 Å². The second kappa shape index (κ2) is 7.04. The first kappa shape index (κ1) is 17.0. The monoisotopic (exact) mass is 409 g/mol. The van der Waals surface area contributed by atoms with Crippen molar-refractivity contribution in [2.45, 2.75) is 11.9 Å². The third-order valence-electron chi connectivity index (χ3n) is 4.80. The molecule has 4 rings (SSSR count). The summed E-state index contributed by atoms with van der Waals surface area (Å²) in [5.41, 5.74) is 4.95. The van der Waals surface area contributed by atoms with E-state index in [0.29, 0.717) is 0 Å². The van der Waals surface area contributed by atoms with E-state index in [4.69, 9.17) is 9.47 Å². The Hall–Kier alpha value is -2.46. The van der Waals surface area contributed by atoms with Gasteiger partial charge in [0.1, 0.15) is 11.5 Å². The van der Waals surface area contributed by atoms with E-state index >= 15 is 0 Å². The smallest absolute Gasteiger partial charge is 0.119 e. The fraction of sp³-hybridized carbons (Fsp3) is 0.182. The quantitative estimate of drug-likeness (QED) is 0.391. The third-order valence-corrected chi connectivity index (χ3v) is 5.44. The first-order chi connectivity index (χ1) is 12.7. The molecular weight excluding hydrogens is 390 g/mol. The van der Waals surface area contributed by atoms with Gasteiger partial charge in [0.25, 0.3) is 0 Å². The molecule has 0 fully saturated rings. The van der Waals surface area contributed by atoms with Gasteiger partial charge in [-0.25, -0.2) is 0 Å². The average molecular weight is 410 g/mol. The number of nitrogens with zero attached hydrogens (tertiary/aromatic N) is 1. The minimum Gasteiger partial charge on any atom is -0.497 e. The molecule has 3 aromatic carbocycles. The normalized spacial score (nSPS) is 11.2. The molecule has 0 aliphatic heterocycles. The van der Waals surface area contributed by atoms with Crippen LogP contribution < -0.4 is 9.47 Å². The van der Waals surface area contributed by atoms with E-state index < -0.39 is 0 Å². The van der Waals surface area contributed by atoms with Gasteiger partial charge in [-0.3, -0.25) is 0 Å². The van der Waals surface area contributed by atoms with Crippen molar-refractivity contribution in [1.82, 2.24) is 4.57 Å². The van der Waals surface area contributed by atoms with Crippen molar-refractivity contribution in [3.8, 4) is 11.5 Å². The average Bonchev–Trinajstić information content (AvgIpc) is 3.00. The Morgan fingerprint density at radius 2 is 1.23 bits per heavy atom. The second-order valence-corrected chi connectivity index (χ2v) is 6.86. The molecular formula is C22H20BrNO2. The molecule has 4 heteroatoms. The molecule has 0 aliphatic rings.